The molecular weight excluding hydrogens is 595 g/mol. The number of fused-ring (bicyclic) bond motifs is 1. The van der Waals surface area contributed by atoms with Gasteiger partial charge in [-0.15, -0.1) is 0 Å². The molecule has 3 atom stereocenters. The van der Waals surface area contributed by atoms with Crippen molar-refractivity contribution in [3.63, 3.8) is 0 Å². The third-order valence-corrected chi connectivity index (χ3v) is 10.1. The number of ketones is 1. The highest BCUT2D eigenvalue weighted by molar-refractivity contribution is 7.92. The summed E-state index contributed by atoms with van der Waals surface area (Å²) in [4.78, 5) is 12.8. The number of carbonyl (C=O) groups excluding carboxylic acids is 1. The van der Waals surface area contributed by atoms with E-state index in [9.17, 15) is 54.2 Å². The summed E-state index contributed by atoms with van der Waals surface area (Å²) in [6, 6.07) is 4.26. The van der Waals surface area contributed by atoms with Crippen LogP contribution in [0.15, 0.2) is 47.4 Å². The number of carbonyl (C=O) groups is 1. The fraction of sp³-hybridized carbons (Fsp3) is 0.536. The number of hydrogen-bond donors (Lipinski definition) is 2. The van der Waals surface area contributed by atoms with Crippen LogP contribution in [0.4, 0.5) is 36.4 Å². The van der Waals surface area contributed by atoms with E-state index in [0.29, 0.717) is 18.6 Å². The zero-order valence-electron chi connectivity index (χ0n) is 22.3. The molecule has 2 N–H and O–H groups in total. The lowest BCUT2D eigenvalue weighted by Gasteiger charge is -2.39. The second-order valence-electron chi connectivity index (χ2n) is 10.9. The van der Waals surface area contributed by atoms with Crippen molar-refractivity contribution in [2.24, 2.45) is 11.8 Å². The van der Waals surface area contributed by atoms with Crippen LogP contribution in [-0.4, -0.2) is 49.4 Å². The average Bonchev–Trinajstić information content (AvgIpc) is 2.91. The standard InChI is InChI=1S/C28H30F7NO5S/c29-21-7-10-24(11-8-21)42(40,41)36-22(15-23(38)14-17-3-1-2-4-19(17)16-37)9-5-18-13-20(6-12-25(18)36)26(39,27(30,31)32)28(33,34)35/h6-8,10-13,17,19,22,37,39H,1-5,9,14-16H2/t17-,19-,22-/m0/s1. The normalized spacial score (nSPS) is 22.1. The van der Waals surface area contributed by atoms with E-state index in [4.69, 9.17) is 0 Å². The van der Waals surface area contributed by atoms with Crippen molar-refractivity contribution in [2.45, 2.75) is 80.3 Å². The Balaban J connectivity index is 1.75. The molecule has 0 radical (unpaired) electrons. The van der Waals surface area contributed by atoms with Gasteiger partial charge in [-0.3, -0.25) is 9.10 Å². The molecule has 2 aromatic rings. The highest BCUT2D eigenvalue weighted by Gasteiger charge is 2.71. The molecule has 4 rings (SSSR count). The summed E-state index contributed by atoms with van der Waals surface area (Å²) < 4.78 is 123. The van der Waals surface area contributed by atoms with E-state index in [1.807, 2.05) is 0 Å². The molecular formula is C28H30F7NO5S. The Morgan fingerprint density at radius 3 is 2.05 bits per heavy atom. The first-order valence-corrected chi connectivity index (χ1v) is 14.9. The second-order valence-corrected chi connectivity index (χ2v) is 12.7. The first-order chi connectivity index (χ1) is 19.5. The molecule has 1 aliphatic heterocycles. The summed E-state index contributed by atoms with van der Waals surface area (Å²) in [7, 11) is -4.57. The van der Waals surface area contributed by atoms with Crippen molar-refractivity contribution in [2.75, 3.05) is 10.9 Å². The molecule has 6 nitrogen and oxygen atoms in total. The summed E-state index contributed by atoms with van der Waals surface area (Å²) >= 11 is 0. The molecule has 1 fully saturated rings. The number of anilines is 1. The fourth-order valence-corrected chi connectivity index (χ4v) is 7.73. The molecule has 42 heavy (non-hydrogen) atoms. The van der Waals surface area contributed by atoms with Crippen LogP contribution in [0.1, 0.15) is 56.1 Å². The van der Waals surface area contributed by atoms with Gasteiger partial charge >= 0.3 is 12.4 Å². The van der Waals surface area contributed by atoms with Crippen molar-refractivity contribution in [1.82, 2.24) is 0 Å². The number of alkyl halides is 6. The Labute approximate surface area is 238 Å². The minimum Gasteiger partial charge on any atom is -0.396 e. The maximum absolute atomic E-state index is 13.8. The predicted octanol–water partition coefficient (Wildman–Crippen LogP) is 5.80. The van der Waals surface area contributed by atoms with Crippen LogP contribution in [0.25, 0.3) is 0 Å². The van der Waals surface area contributed by atoms with E-state index in [-0.39, 0.29) is 61.2 Å². The van der Waals surface area contributed by atoms with E-state index in [0.717, 1.165) is 53.9 Å². The molecule has 1 aliphatic carbocycles. The topological polar surface area (TPSA) is 94.9 Å². The monoisotopic (exact) mass is 625 g/mol. The largest absolute Gasteiger partial charge is 0.430 e. The zero-order chi connectivity index (χ0) is 31.1. The van der Waals surface area contributed by atoms with Crippen molar-refractivity contribution in [1.29, 1.82) is 0 Å². The smallest absolute Gasteiger partial charge is 0.396 e. The minimum absolute atomic E-state index is 0.0757. The Kier molecular flexibility index (Phi) is 9.02. The number of rotatable bonds is 8. The Bertz CT molecular complexity index is 1380. The predicted molar refractivity (Wildman–Crippen MR) is 137 cm³/mol. The number of aliphatic hydroxyl groups is 2. The van der Waals surface area contributed by atoms with E-state index in [1.165, 1.54) is 0 Å². The zero-order valence-corrected chi connectivity index (χ0v) is 23.1. The molecule has 2 aromatic carbocycles. The summed E-state index contributed by atoms with van der Waals surface area (Å²) in [6.45, 7) is -0.0929. The maximum atomic E-state index is 13.8. The molecule has 14 heteroatoms. The van der Waals surface area contributed by atoms with Crippen molar-refractivity contribution in [3.05, 3.63) is 59.4 Å². The lowest BCUT2D eigenvalue weighted by atomic mass is 9.76. The number of Topliss-reactive ketones (excluding diaryl/α,β-unsaturated/α-hetero) is 1. The molecule has 0 amide bonds. The maximum Gasteiger partial charge on any atom is 0.430 e. The number of hydrogen-bond acceptors (Lipinski definition) is 5. The highest BCUT2D eigenvalue weighted by Crippen LogP contribution is 2.51. The van der Waals surface area contributed by atoms with E-state index >= 15 is 0 Å². The molecule has 0 unspecified atom stereocenters. The van der Waals surface area contributed by atoms with Gasteiger partial charge in [0.05, 0.1) is 16.6 Å². The average molecular weight is 626 g/mol. The van der Waals surface area contributed by atoms with Crippen LogP contribution in [0.3, 0.4) is 0 Å². The Hall–Kier alpha value is -2.71. The number of halogens is 7. The molecule has 0 saturated heterocycles. The minimum atomic E-state index is -6.13. The number of sulfonamides is 1. The molecule has 1 heterocycles. The van der Waals surface area contributed by atoms with Crippen LogP contribution in [0.2, 0.25) is 0 Å². The van der Waals surface area contributed by atoms with E-state index in [2.05, 4.69) is 0 Å². The highest BCUT2D eigenvalue weighted by atomic mass is 32.2. The van der Waals surface area contributed by atoms with Crippen LogP contribution in [-0.2, 0) is 26.8 Å². The van der Waals surface area contributed by atoms with Gasteiger partial charge in [0.1, 0.15) is 11.6 Å². The van der Waals surface area contributed by atoms with Crippen LogP contribution < -0.4 is 4.31 Å². The quantitative estimate of drug-likeness (QED) is 0.362. The number of benzene rings is 2. The first kappa shape index (κ1) is 32.2. The van der Waals surface area contributed by atoms with Crippen LogP contribution in [0, 0.1) is 17.7 Å². The number of aryl methyl sites for hydroxylation is 1. The summed E-state index contributed by atoms with van der Waals surface area (Å²) in [5, 5.41) is 19.6. The molecule has 2 aliphatic rings. The molecule has 232 valence electrons. The number of aliphatic hydroxyl groups excluding tert-OH is 1. The number of nitrogens with zero attached hydrogens (tertiary/aromatic N) is 1. The van der Waals surface area contributed by atoms with Crippen LogP contribution in [0.5, 0.6) is 0 Å². The van der Waals surface area contributed by atoms with Crippen molar-refractivity contribution < 1.29 is 54.2 Å². The van der Waals surface area contributed by atoms with Gasteiger partial charge in [0, 0.05) is 25.0 Å². The van der Waals surface area contributed by atoms with Gasteiger partial charge in [-0.2, -0.15) is 26.3 Å². The molecule has 1 saturated carbocycles. The molecule has 0 spiro atoms. The first-order valence-electron chi connectivity index (χ1n) is 13.4. The van der Waals surface area contributed by atoms with Gasteiger partial charge in [-0.25, -0.2) is 12.8 Å². The molecule has 0 bridgehead atoms. The summed E-state index contributed by atoms with van der Waals surface area (Å²) in [5.41, 5.74) is -7.18. The Morgan fingerprint density at radius 1 is 0.881 bits per heavy atom. The van der Waals surface area contributed by atoms with Crippen molar-refractivity contribution in [3.8, 4) is 0 Å². The van der Waals surface area contributed by atoms with Gasteiger partial charge in [-0.1, -0.05) is 25.0 Å². The SMILES string of the molecule is O=C(C[C@@H]1CCCC[C@H]1CO)C[C@@H]1CCc2cc(C(O)(C(F)(F)F)C(F)(F)F)ccc2N1S(=O)(=O)c1ccc(F)cc1. The second kappa shape index (κ2) is 11.8. The van der Waals surface area contributed by atoms with Crippen molar-refractivity contribution >= 4 is 21.5 Å². The lowest BCUT2D eigenvalue weighted by Crippen LogP contribution is -2.54. The van der Waals surface area contributed by atoms with Gasteiger partial charge < -0.3 is 10.2 Å². The Morgan fingerprint density at radius 2 is 1.48 bits per heavy atom. The van der Waals surface area contributed by atoms with Gasteiger partial charge in [0.25, 0.3) is 15.6 Å². The van der Waals surface area contributed by atoms with Gasteiger partial charge in [0.2, 0.25) is 0 Å². The third-order valence-electron chi connectivity index (χ3n) is 8.26. The fourth-order valence-electron chi connectivity index (χ4n) is 6.01. The van der Waals surface area contributed by atoms with Gasteiger partial charge in [0.15, 0.2) is 0 Å². The van der Waals surface area contributed by atoms with Crippen LogP contribution >= 0.6 is 0 Å². The lowest BCUT2D eigenvalue weighted by molar-refractivity contribution is -0.376. The third kappa shape index (κ3) is 6.02. The summed E-state index contributed by atoms with van der Waals surface area (Å²) in [5.74, 6) is -1.21. The van der Waals surface area contributed by atoms with Gasteiger partial charge in [-0.05, 0) is 73.4 Å². The molecule has 0 aromatic heterocycles. The van der Waals surface area contributed by atoms with E-state index in [1.54, 1.807) is 0 Å². The van der Waals surface area contributed by atoms with E-state index < -0.39 is 50.3 Å². The summed E-state index contributed by atoms with van der Waals surface area (Å²) in [6.07, 6.45) is -9.50.